The molecule has 0 saturated carbocycles. The quantitative estimate of drug-likeness (QED) is 0.0174. The number of hydrogen-bond donors (Lipinski definition) is 21. The molecule has 590 valence electrons. The minimum absolute atomic E-state index is 0.0111. The summed E-state index contributed by atoms with van der Waals surface area (Å²) in [6.45, 7) is 22.3. The third-order valence-electron chi connectivity index (χ3n) is 17.8. The molecule has 2 aromatic rings. The first-order chi connectivity index (χ1) is 49.3. The van der Waals surface area contributed by atoms with E-state index in [1.54, 1.807) is 87.6 Å². The van der Waals surface area contributed by atoms with Crippen molar-refractivity contribution in [3.8, 4) is 0 Å². The van der Waals surface area contributed by atoms with Crippen molar-refractivity contribution in [1.29, 1.82) is 0 Å². The van der Waals surface area contributed by atoms with Gasteiger partial charge in [0.15, 0.2) is 17.9 Å². The van der Waals surface area contributed by atoms with Gasteiger partial charge in [-0.1, -0.05) is 114 Å². The zero-order chi connectivity index (χ0) is 79.5. The Labute approximate surface area is 615 Å². The lowest BCUT2D eigenvalue weighted by Crippen LogP contribution is -2.62. The van der Waals surface area contributed by atoms with Crippen LogP contribution in [0.3, 0.4) is 0 Å². The Balaban J connectivity index is 2.51. The highest BCUT2D eigenvalue weighted by Crippen LogP contribution is 2.21. The molecular weight excluding hydrogens is 1360 g/mol. The molecule has 0 aliphatic heterocycles. The second-order valence-electron chi connectivity index (χ2n) is 28.1. The van der Waals surface area contributed by atoms with Gasteiger partial charge >= 0.3 is 0 Å². The number of carbonyl (C=O) groups excluding carboxylic acids is 12. The molecule has 14 atom stereocenters. The second-order valence-corrected chi connectivity index (χ2v) is 28.1. The molecule has 0 bridgehead atoms. The average molecular weight is 1480 g/mol. The Morgan fingerprint density at radius 3 is 1.22 bits per heavy atom. The molecule has 1 aromatic heterocycles. The maximum Gasteiger partial charge on any atom is 0.243 e. The predicted octanol–water partition coefficient (Wildman–Crippen LogP) is -3.51. The predicted molar refractivity (Wildman–Crippen MR) is 402 cm³/mol. The lowest BCUT2D eigenvalue weighted by molar-refractivity contribution is -0.137. The van der Waals surface area contributed by atoms with Gasteiger partial charge in [0.05, 0.1) is 6.04 Å². The topological polar surface area (TPSA) is 624 Å². The zero-order valence-corrected chi connectivity index (χ0v) is 63.3. The molecule has 36 nitrogen and oxygen atoms in total. The molecule has 105 heavy (non-hydrogen) atoms. The number of para-hydroxylation sites is 1. The van der Waals surface area contributed by atoms with Crippen LogP contribution in [-0.2, 0) is 64.0 Å². The highest BCUT2D eigenvalue weighted by atomic mass is 16.2. The summed E-state index contributed by atoms with van der Waals surface area (Å²) < 4.78 is 0. The standard InChI is InChI=1S/C69H122N24O12/c1-14-38(11)53(65(104)89-49(32-41-33-82-43-22-17-16-21-42(41)43)60(99)85-45(24-19-29-80-68(75)76)57(96)84-44(55(72)94)23-18-28-79-67(73)74)92-59(98)46(25-20-30-81-69(77)78)87-64(103)52(37(9)10)90-56(95)40(13)83-63(102)51(36(7)8)91-66(105)54(39(12)15-2)93-61(100)48(31-34(3)4)88-58(97)47(26-27-70)86-62(101)50(71)35(5)6/h16-17,21-22,33-40,44-54,82H,14-15,18-20,23-32,70-71H2,1-13H3,(H2,72,94)(H,83,102)(H,84,96)(H,85,99)(H,86,101)(H,87,103)(H,88,97)(H,89,104)(H,90,95)(H,91,105)(H,92,98)(H,93,100)(H4,73,74,79)(H4,75,76,80)(H4,77,78,81)/t38-,39-,40-,44-,45-,46-,47-,48-,49-,50-,51-,52-,53-,54-/m0/s1. The van der Waals surface area contributed by atoms with Crippen LogP contribution >= 0.6 is 0 Å². The minimum atomic E-state index is -1.44. The number of fused-ring (bicyclic) bond motifs is 1. The van der Waals surface area contributed by atoms with Crippen molar-refractivity contribution in [2.45, 2.75) is 233 Å². The summed E-state index contributed by atoms with van der Waals surface area (Å²) in [5.74, 6) is -12.7. The third-order valence-corrected chi connectivity index (χ3v) is 17.8. The fraction of sp³-hybridized carbons (Fsp3) is 0.667. The maximum atomic E-state index is 14.9. The van der Waals surface area contributed by atoms with Crippen LogP contribution in [0, 0.1) is 35.5 Å². The number of nitrogens with one attached hydrogen (secondary N) is 12. The van der Waals surface area contributed by atoms with Crippen molar-refractivity contribution < 1.29 is 57.5 Å². The number of aromatic amines is 1. The maximum absolute atomic E-state index is 14.9. The van der Waals surface area contributed by atoms with Crippen LogP contribution < -0.4 is 110 Å². The highest BCUT2D eigenvalue weighted by molar-refractivity contribution is 6.00. The largest absolute Gasteiger partial charge is 0.370 e. The molecule has 12 amide bonds. The van der Waals surface area contributed by atoms with E-state index in [1.807, 2.05) is 26.0 Å². The van der Waals surface area contributed by atoms with Gasteiger partial charge in [-0.25, -0.2) is 0 Å². The van der Waals surface area contributed by atoms with Crippen LogP contribution in [0.4, 0.5) is 0 Å². The number of aliphatic imine (C=N–C) groups is 3. The van der Waals surface area contributed by atoms with E-state index < -0.39 is 167 Å². The van der Waals surface area contributed by atoms with Crippen LogP contribution in [0.2, 0.25) is 0 Å². The molecule has 1 heterocycles. The van der Waals surface area contributed by atoms with Gasteiger partial charge in [0.2, 0.25) is 70.9 Å². The van der Waals surface area contributed by atoms with Crippen molar-refractivity contribution in [3.63, 3.8) is 0 Å². The average Bonchev–Trinajstić information content (AvgIpc) is 1.55. The van der Waals surface area contributed by atoms with Gasteiger partial charge in [-0.2, -0.15) is 0 Å². The zero-order valence-electron chi connectivity index (χ0n) is 63.3. The summed E-state index contributed by atoms with van der Waals surface area (Å²) in [7, 11) is 0. The Kier molecular flexibility index (Phi) is 40.0. The Hall–Kier alpha value is -9.87. The molecule has 0 fully saturated rings. The van der Waals surface area contributed by atoms with Crippen molar-refractivity contribution in [3.05, 3.63) is 36.0 Å². The van der Waals surface area contributed by atoms with Gasteiger partial charge in [0, 0.05) is 43.2 Å². The molecule has 0 aliphatic carbocycles. The molecule has 30 N–H and O–H groups in total. The summed E-state index contributed by atoms with van der Waals surface area (Å²) in [5, 5.41) is 30.6. The molecule has 1 aromatic carbocycles. The molecule has 0 saturated heterocycles. The minimum Gasteiger partial charge on any atom is -0.370 e. The Bertz CT molecular complexity index is 3290. The van der Waals surface area contributed by atoms with Crippen molar-refractivity contribution in [2.75, 3.05) is 26.2 Å². The first-order valence-electron chi connectivity index (χ1n) is 36.1. The van der Waals surface area contributed by atoms with E-state index in [0.29, 0.717) is 29.3 Å². The Morgan fingerprint density at radius 1 is 0.410 bits per heavy atom. The Morgan fingerprint density at radius 2 is 0.771 bits per heavy atom. The molecule has 0 radical (unpaired) electrons. The number of benzene rings is 1. The highest BCUT2D eigenvalue weighted by Gasteiger charge is 2.39. The van der Waals surface area contributed by atoms with E-state index in [9.17, 15) is 57.5 Å². The fourth-order valence-electron chi connectivity index (χ4n) is 11.0. The number of H-pyrrole nitrogens is 1. The van der Waals surface area contributed by atoms with Gasteiger partial charge in [-0.3, -0.25) is 72.5 Å². The third kappa shape index (κ3) is 32.0. The van der Waals surface area contributed by atoms with Crippen LogP contribution in [0.1, 0.15) is 160 Å². The molecule has 0 spiro atoms. The van der Waals surface area contributed by atoms with Crippen LogP contribution in [0.25, 0.3) is 10.9 Å². The number of nitrogens with two attached hydrogens (primary N) is 9. The number of hydrogen-bond acceptors (Lipinski definition) is 17. The summed E-state index contributed by atoms with van der Waals surface area (Å²) in [6, 6.07) is -7.97. The van der Waals surface area contributed by atoms with E-state index in [-0.39, 0.29) is 114 Å². The first-order valence-corrected chi connectivity index (χ1v) is 36.1. The number of rotatable bonds is 48. The fourth-order valence-corrected chi connectivity index (χ4v) is 11.0. The van der Waals surface area contributed by atoms with Crippen molar-refractivity contribution in [2.24, 2.45) is 102 Å². The molecule has 36 heteroatoms. The van der Waals surface area contributed by atoms with Crippen molar-refractivity contribution >= 4 is 99.7 Å². The summed E-state index contributed by atoms with van der Waals surface area (Å²) >= 11 is 0. The van der Waals surface area contributed by atoms with E-state index in [0.717, 1.165) is 0 Å². The molecule has 0 unspecified atom stereocenters. The number of aromatic nitrogens is 1. The van der Waals surface area contributed by atoms with Gasteiger partial charge in [0.25, 0.3) is 0 Å². The van der Waals surface area contributed by atoms with Gasteiger partial charge in [0.1, 0.15) is 66.5 Å². The number of amides is 12. The van der Waals surface area contributed by atoms with E-state index in [1.165, 1.54) is 6.92 Å². The SMILES string of the molecule is CC[C@H](C)[C@H](NC(=O)[C@H](CCCN=C(N)N)NC(=O)[C@@H](NC(=O)[C@H](C)NC(=O)[C@@H](NC(=O)[C@@H](NC(=O)[C@H](CC(C)C)NC(=O)[C@H](CCN)NC(=O)[C@@H](N)C(C)C)[C@@H](C)CC)C(C)C)C(C)C)C(=O)N[C@@H](Cc1c[nH]c2ccccc12)C(=O)N[C@@H](CCCN=C(N)N)C(=O)N[C@@H](CCCN=C(N)N)C(N)=O. The lowest BCUT2D eigenvalue weighted by atomic mass is 9.95. The van der Waals surface area contributed by atoms with Gasteiger partial charge in [-0.15, -0.1) is 0 Å². The summed E-state index contributed by atoms with van der Waals surface area (Å²) in [5.41, 5.74) is 52.1. The molecular formula is C69H122N24O12. The number of guanidine groups is 3. The van der Waals surface area contributed by atoms with E-state index >= 15 is 0 Å². The van der Waals surface area contributed by atoms with E-state index in [4.69, 9.17) is 51.6 Å². The summed E-state index contributed by atoms with van der Waals surface area (Å²) in [6.07, 6.45) is 2.79. The number of primary amides is 1. The second kappa shape index (κ2) is 46.1. The van der Waals surface area contributed by atoms with Crippen molar-refractivity contribution in [1.82, 2.24) is 63.5 Å². The lowest BCUT2D eigenvalue weighted by Gasteiger charge is -2.31. The van der Waals surface area contributed by atoms with Crippen LogP contribution in [0.5, 0.6) is 0 Å². The summed E-state index contributed by atoms with van der Waals surface area (Å²) in [4.78, 5) is 184. The monoisotopic (exact) mass is 1480 g/mol. The van der Waals surface area contributed by atoms with E-state index in [2.05, 4.69) is 78.4 Å². The first kappa shape index (κ1) is 91.2. The number of carbonyl (C=O) groups is 12. The number of nitrogens with zero attached hydrogens (tertiary/aromatic N) is 3. The molecule has 2 rings (SSSR count). The normalized spacial score (nSPS) is 15.3. The molecule has 0 aliphatic rings. The van der Waals surface area contributed by atoms with Gasteiger partial charge < -0.3 is 115 Å². The van der Waals surface area contributed by atoms with Crippen LogP contribution in [-0.4, -0.2) is 192 Å². The van der Waals surface area contributed by atoms with Crippen LogP contribution in [0.15, 0.2) is 45.4 Å². The van der Waals surface area contributed by atoms with Gasteiger partial charge in [-0.05, 0) is 112 Å². The smallest absolute Gasteiger partial charge is 0.243 e.